The van der Waals surface area contributed by atoms with E-state index in [4.69, 9.17) is 4.98 Å². The number of benzene rings is 4. The molecule has 0 aliphatic heterocycles. The summed E-state index contributed by atoms with van der Waals surface area (Å²) in [7, 11) is 2.14. The number of rotatable bonds is 7. The molecule has 2 heteroatoms. The topological polar surface area (TPSA) is 17.8 Å². The van der Waals surface area contributed by atoms with Gasteiger partial charge in [-0.1, -0.05) is 159 Å². The van der Waals surface area contributed by atoms with E-state index in [2.05, 4.69) is 202 Å². The van der Waals surface area contributed by atoms with Crippen molar-refractivity contribution in [2.45, 2.75) is 44.9 Å². The van der Waals surface area contributed by atoms with E-state index >= 15 is 0 Å². The van der Waals surface area contributed by atoms with Crippen molar-refractivity contribution in [1.29, 1.82) is 0 Å². The lowest BCUT2D eigenvalue weighted by Crippen LogP contribution is -2.15. The van der Waals surface area contributed by atoms with Crippen LogP contribution in [-0.2, 0) is 13.5 Å². The number of para-hydroxylation sites is 2. The van der Waals surface area contributed by atoms with E-state index < -0.39 is 0 Å². The molecule has 9 rings (SSSR count). The zero-order valence-corrected chi connectivity index (χ0v) is 32.1. The number of aryl methyl sites for hydroxylation is 2. The van der Waals surface area contributed by atoms with Gasteiger partial charge in [-0.2, -0.15) is 0 Å². The molecule has 4 unspecified atom stereocenters. The van der Waals surface area contributed by atoms with Crippen molar-refractivity contribution in [1.82, 2.24) is 9.55 Å². The molecule has 0 bridgehead atoms. The third kappa shape index (κ3) is 6.83. The van der Waals surface area contributed by atoms with Gasteiger partial charge in [-0.15, -0.1) is 0 Å². The Balaban J connectivity index is 1.12. The highest BCUT2D eigenvalue weighted by atomic mass is 15.1. The van der Waals surface area contributed by atoms with Gasteiger partial charge in [0.05, 0.1) is 11.0 Å². The average Bonchev–Trinajstić information content (AvgIpc) is 3.40. The standard InChI is InChI=1S/C53H48N2/c1-36-14-4-5-16-38(36)19-12-15-37(2)46-33-32-41-28-31-44(40-26-29-42(30-27-40)53-54-50-24-10-11-25-51(50)55(53)3)35-49(41)52(48-23-9-8-22-47(46)48)45-21-13-20-39-17-6-7-18-43(39)34-45/h4-14,16-19,21-29,31-35,37,41-42,46H,15,20,30H2,1-3H3/b19-12-,33-32-,52-49-. The van der Waals surface area contributed by atoms with Crippen LogP contribution in [0.2, 0.25) is 0 Å². The largest absolute Gasteiger partial charge is 0.331 e. The summed E-state index contributed by atoms with van der Waals surface area (Å²) < 4.78 is 2.25. The average molecular weight is 713 g/mol. The summed E-state index contributed by atoms with van der Waals surface area (Å²) in [6.45, 7) is 4.61. The highest BCUT2D eigenvalue weighted by molar-refractivity contribution is 5.93. The van der Waals surface area contributed by atoms with E-state index in [0.29, 0.717) is 5.92 Å². The number of hydrogen-bond acceptors (Lipinski definition) is 1. The summed E-state index contributed by atoms with van der Waals surface area (Å²) >= 11 is 0. The first kappa shape index (κ1) is 34.8. The molecule has 2 nitrogen and oxygen atoms in total. The first-order valence-electron chi connectivity index (χ1n) is 19.9. The van der Waals surface area contributed by atoms with E-state index in [1.165, 1.54) is 66.8 Å². The van der Waals surface area contributed by atoms with Gasteiger partial charge in [0.15, 0.2) is 0 Å². The number of fused-ring (bicyclic) bond motifs is 4. The lowest BCUT2D eigenvalue weighted by Gasteiger charge is -2.31. The van der Waals surface area contributed by atoms with E-state index in [0.717, 1.165) is 30.6 Å². The molecule has 0 spiro atoms. The van der Waals surface area contributed by atoms with E-state index in [9.17, 15) is 0 Å². The summed E-state index contributed by atoms with van der Waals surface area (Å²) in [5.74, 6) is 2.23. The molecule has 0 radical (unpaired) electrons. The Morgan fingerprint density at radius 1 is 0.782 bits per heavy atom. The number of aromatic nitrogens is 2. The zero-order valence-electron chi connectivity index (χ0n) is 32.1. The molecule has 0 fully saturated rings. The maximum Gasteiger partial charge on any atom is 0.116 e. The maximum absolute atomic E-state index is 5.03. The van der Waals surface area contributed by atoms with Crippen molar-refractivity contribution >= 4 is 28.8 Å². The maximum atomic E-state index is 5.03. The van der Waals surface area contributed by atoms with Crippen LogP contribution < -0.4 is 0 Å². The van der Waals surface area contributed by atoms with Crippen molar-refractivity contribution in [2.75, 3.05) is 0 Å². The Bertz CT molecular complexity index is 2570. The summed E-state index contributed by atoms with van der Waals surface area (Å²) in [4.78, 5) is 5.03. The number of hydrogen-bond donors (Lipinski definition) is 0. The molecule has 0 saturated carbocycles. The summed E-state index contributed by atoms with van der Waals surface area (Å²) in [6.07, 6.45) is 34.0. The molecule has 1 aromatic heterocycles. The third-order valence-corrected chi connectivity index (χ3v) is 12.0. The summed E-state index contributed by atoms with van der Waals surface area (Å²) in [6, 6.07) is 35.1. The van der Waals surface area contributed by atoms with E-state index in [1.54, 1.807) is 0 Å². The fourth-order valence-electron chi connectivity index (χ4n) is 8.94. The quantitative estimate of drug-likeness (QED) is 0.154. The third-order valence-electron chi connectivity index (χ3n) is 12.0. The van der Waals surface area contributed by atoms with Gasteiger partial charge in [-0.25, -0.2) is 4.98 Å². The minimum absolute atomic E-state index is 0.165. The SMILES string of the molecule is Cc1ccccc1/C=C\CC(C)C1/C=C\C2C=CC(C3=CCC(c4nc5ccccc5n4C)C=C3)=C/C2=C(\C2=Cc3ccccc3CC=C2)c2ccccc21. The van der Waals surface area contributed by atoms with Crippen LogP contribution in [0.1, 0.15) is 70.8 Å². The van der Waals surface area contributed by atoms with Gasteiger partial charge in [-0.3, -0.25) is 0 Å². The molecule has 4 atom stereocenters. The van der Waals surface area contributed by atoms with Crippen molar-refractivity contribution in [3.05, 3.63) is 225 Å². The highest BCUT2D eigenvalue weighted by Crippen LogP contribution is 2.45. The lowest BCUT2D eigenvalue weighted by molar-refractivity contribution is 0.529. The molecule has 270 valence electrons. The second-order valence-corrected chi connectivity index (χ2v) is 15.6. The second kappa shape index (κ2) is 15.0. The van der Waals surface area contributed by atoms with Gasteiger partial charge in [0, 0.05) is 24.8 Å². The fraction of sp³-hybridized carbons (Fsp3) is 0.189. The van der Waals surface area contributed by atoms with Crippen LogP contribution in [0.25, 0.3) is 28.8 Å². The zero-order chi connectivity index (χ0) is 37.3. The Kier molecular flexibility index (Phi) is 9.50. The van der Waals surface area contributed by atoms with Crippen molar-refractivity contribution in [3.63, 3.8) is 0 Å². The van der Waals surface area contributed by atoms with Crippen LogP contribution in [0.4, 0.5) is 0 Å². The van der Waals surface area contributed by atoms with Crippen LogP contribution in [0.3, 0.4) is 0 Å². The normalized spacial score (nSPS) is 22.8. The Hall–Kier alpha value is -5.99. The van der Waals surface area contributed by atoms with Crippen LogP contribution in [0.15, 0.2) is 186 Å². The Morgan fingerprint density at radius 2 is 1.58 bits per heavy atom. The first-order chi connectivity index (χ1) is 27.0. The van der Waals surface area contributed by atoms with Gasteiger partial charge in [0.25, 0.3) is 0 Å². The fourth-order valence-corrected chi connectivity index (χ4v) is 8.94. The van der Waals surface area contributed by atoms with Crippen molar-refractivity contribution < 1.29 is 0 Å². The van der Waals surface area contributed by atoms with Gasteiger partial charge in [0.2, 0.25) is 0 Å². The van der Waals surface area contributed by atoms with Crippen LogP contribution >= 0.6 is 0 Å². The molecule has 1 heterocycles. The van der Waals surface area contributed by atoms with Gasteiger partial charge >= 0.3 is 0 Å². The van der Waals surface area contributed by atoms with Gasteiger partial charge in [-0.05, 0) is 118 Å². The summed E-state index contributed by atoms with van der Waals surface area (Å²) in [5, 5.41) is 0. The number of allylic oxidation sites excluding steroid dienone is 16. The predicted octanol–water partition coefficient (Wildman–Crippen LogP) is 13.0. The highest BCUT2D eigenvalue weighted by Gasteiger charge is 2.29. The molecular formula is C53H48N2. The van der Waals surface area contributed by atoms with Crippen LogP contribution in [0.5, 0.6) is 0 Å². The molecule has 0 saturated heterocycles. The van der Waals surface area contributed by atoms with Crippen molar-refractivity contribution in [3.8, 4) is 0 Å². The molecule has 55 heavy (non-hydrogen) atoms. The molecule has 0 N–H and O–H groups in total. The number of imidazole rings is 1. The van der Waals surface area contributed by atoms with Gasteiger partial charge in [0.1, 0.15) is 5.82 Å². The number of nitrogens with zero attached hydrogens (tertiary/aromatic N) is 2. The summed E-state index contributed by atoms with van der Waals surface area (Å²) in [5.41, 5.74) is 16.8. The predicted molar refractivity (Wildman–Crippen MR) is 233 cm³/mol. The second-order valence-electron chi connectivity index (χ2n) is 15.6. The smallest absolute Gasteiger partial charge is 0.116 e. The Morgan fingerprint density at radius 3 is 2.45 bits per heavy atom. The monoisotopic (exact) mass is 712 g/mol. The molecular weight excluding hydrogens is 665 g/mol. The molecule has 4 aliphatic rings. The molecule has 0 amide bonds. The first-order valence-corrected chi connectivity index (χ1v) is 19.9. The minimum Gasteiger partial charge on any atom is -0.331 e. The van der Waals surface area contributed by atoms with Gasteiger partial charge < -0.3 is 4.57 Å². The van der Waals surface area contributed by atoms with E-state index in [1.807, 2.05) is 0 Å². The Labute approximate surface area is 326 Å². The lowest BCUT2D eigenvalue weighted by atomic mass is 9.73. The van der Waals surface area contributed by atoms with Crippen LogP contribution in [0, 0.1) is 18.8 Å². The molecule has 4 aliphatic carbocycles. The van der Waals surface area contributed by atoms with E-state index in [-0.39, 0.29) is 17.8 Å². The minimum atomic E-state index is 0.165. The van der Waals surface area contributed by atoms with Crippen LogP contribution in [-0.4, -0.2) is 9.55 Å². The molecule has 5 aromatic rings. The molecule has 4 aromatic carbocycles. The van der Waals surface area contributed by atoms with Crippen molar-refractivity contribution in [2.24, 2.45) is 18.9 Å².